The molecule has 116 valence electrons. The van der Waals surface area contributed by atoms with Gasteiger partial charge in [-0.15, -0.1) is 0 Å². The average molecular weight is 301 g/mol. The third kappa shape index (κ3) is 1.94. The van der Waals surface area contributed by atoms with E-state index in [0.29, 0.717) is 39.0 Å². The molecule has 3 aliphatic heterocycles. The van der Waals surface area contributed by atoms with Gasteiger partial charge in [-0.25, -0.2) is 0 Å². The van der Waals surface area contributed by atoms with Gasteiger partial charge in [0.1, 0.15) is 0 Å². The van der Waals surface area contributed by atoms with Crippen LogP contribution in [0, 0.1) is 0 Å². The number of amides is 2. The highest BCUT2D eigenvalue weighted by Crippen LogP contribution is 2.45. The first-order valence-electron chi connectivity index (χ1n) is 7.83. The van der Waals surface area contributed by atoms with E-state index in [0.717, 1.165) is 12.0 Å². The van der Waals surface area contributed by atoms with E-state index in [4.69, 9.17) is 4.74 Å². The van der Waals surface area contributed by atoms with Gasteiger partial charge >= 0.3 is 0 Å². The largest absolute Gasteiger partial charge is 0.351 e. The highest BCUT2D eigenvalue weighted by Gasteiger charge is 2.62. The van der Waals surface area contributed by atoms with E-state index in [-0.39, 0.29) is 17.9 Å². The van der Waals surface area contributed by atoms with E-state index >= 15 is 0 Å². The molecule has 0 N–H and O–H groups in total. The fourth-order valence-electron chi connectivity index (χ4n) is 4.03. The Morgan fingerprint density at radius 2 is 2.36 bits per heavy atom. The van der Waals surface area contributed by atoms with Gasteiger partial charge in [-0.3, -0.25) is 14.6 Å². The molecule has 4 rings (SSSR count). The standard InChI is InChI=1S/C16H19N3O3/c20-14(4-3-12-2-1-6-17-11-12)18-7-5-16-13(18)10-15(21)19(16)8-9-22-16/h1-2,6,11,13H,3-5,7-10H2/t13-,16+/m1/s1. The number of likely N-dealkylation sites (tertiary alicyclic amines) is 1. The first-order chi connectivity index (χ1) is 10.7. The lowest BCUT2D eigenvalue weighted by molar-refractivity contribution is -0.139. The van der Waals surface area contributed by atoms with Crippen LogP contribution in [0.5, 0.6) is 0 Å². The Morgan fingerprint density at radius 3 is 3.18 bits per heavy atom. The number of carbonyl (C=O) groups is 2. The summed E-state index contributed by atoms with van der Waals surface area (Å²) in [4.78, 5) is 32.5. The molecule has 3 aliphatic rings. The van der Waals surface area contributed by atoms with Crippen molar-refractivity contribution in [1.29, 1.82) is 0 Å². The van der Waals surface area contributed by atoms with Crippen molar-refractivity contribution >= 4 is 11.8 Å². The quantitative estimate of drug-likeness (QED) is 0.819. The molecule has 6 nitrogen and oxygen atoms in total. The van der Waals surface area contributed by atoms with Crippen LogP contribution in [0.3, 0.4) is 0 Å². The molecule has 1 aromatic heterocycles. The molecule has 1 spiro atoms. The molecule has 22 heavy (non-hydrogen) atoms. The summed E-state index contributed by atoms with van der Waals surface area (Å²) in [5.41, 5.74) is 0.534. The Morgan fingerprint density at radius 1 is 1.45 bits per heavy atom. The predicted molar refractivity (Wildman–Crippen MR) is 77.7 cm³/mol. The summed E-state index contributed by atoms with van der Waals surface area (Å²) in [5.74, 6) is 0.225. The van der Waals surface area contributed by atoms with Crippen LogP contribution in [0.2, 0.25) is 0 Å². The molecule has 0 aliphatic carbocycles. The summed E-state index contributed by atoms with van der Waals surface area (Å²) in [5, 5.41) is 0. The van der Waals surface area contributed by atoms with Crippen molar-refractivity contribution in [3.05, 3.63) is 30.1 Å². The van der Waals surface area contributed by atoms with Crippen LogP contribution in [-0.4, -0.2) is 58.1 Å². The van der Waals surface area contributed by atoms with Gasteiger partial charge in [0.2, 0.25) is 11.8 Å². The molecule has 1 aromatic rings. The summed E-state index contributed by atoms with van der Waals surface area (Å²) < 4.78 is 5.90. The van der Waals surface area contributed by atoms with Crippen LogP contribution in [0.15, 0.2) is 24.5 Å². The number of nitrogens with zero attached hydrogens (tertiary/aromatic N) is 3. The molecule has 0 unspecified atom stereocenters. The van der Waals surface area contributed by atoms with Crippen molar-refractivity contribution in [3.8, 4) is 0 Å². The van der Waals surface area contributed by atoms with Crippen molar-refractivity contribution in [3.63, 3.8) is 0 Å². The molecule has 2 amide bonds. The number of hydrogen-bond acceptors (Lipinski definition) is 4. The minimum atomic E-state index is -0.527. The third-order valence-electron chi connectivity index (χ3n) is 5.07. The lowest BCUT2D eigenvalue weighted by atomic mass is 10.1. The minimum absolute atomic E-state index is 0.107. The van der Waals surface area contributed by atoms with Crippen molar-refractivity contribution in [2.45, 2.75) is 37.5 Å². The van der Waals surface area contributed by atoms with Gasteiger partial charge in [-0.05, 0) is 18.1 Å². The first kappa shape index (κ1) is 13.7. The van der Waals surface area contributed by atoms with Crippen LogP contribution in [0.4, 0.5) is 0 Å². The monoisotopic (exact) mass is 301 g/mol. The summed E-state index contributed by atoms with van der Waals surface area (Å²) in [6, 6.07) is 3.75. The Kier molecular flexibility index (Phi) is 3.14. The second-order valence-corrected chi connectivity index (χ2v) is 6.16. The van der Waals surface area contributed by atoms with Crippen molar-refractivity contribution in [2.24, 2.45) is 0 Å². The van der Waals surface area contributed by atoms with E-state index in [2.05, 4.69) is 4.98 Å². The highest BCUT2D eigenvalue weighted by atomic mass is 16.5. The normalized spacial score (nSPS) is 29.8. The Hall–Kier alpha value is -1.95. The van der Waals surface area contributed by atoms with E-state index in [9.17, 15) is 9.59 Å². The van der Waals surface area contributed by atoms with Crippen LogP contribution in [0.1, 0.15) is 24.8 Å². The molecule has 2 atom stereocenters. The molecule has 0 bridgehead atoms. The number of ether oxygens (including phenoxy) is 1. The molecule has 3 saturated heterocycles. The summed E-state index contributed by atoms with van der Waals surface area (Å²) in [6.45, 7) is 1.92. The van der Waals surface area contributed by atoms with Crippen molar-refractivity contribution in [2.75, 3.05) is 19.7 Å². The lowest BCUT2D eigenvalue weighted by Gasteiger charge is -2.31. The van der Waals surface area contributed by atoms with Gasteiger partial charge in [-0.2, -0.15) is 0 Å². The number of pyridine rings is 1. The Balaban J connectivity index is 1.45. The van der Waals surface area contributed by atoms with Crippen LogP contribution >= 0.6 is 0 Å². The van der Waals surface area contributed by atoms with Gasteiger partial charge < -0.3 is 14.5 Å². The molecule has 6 heteroatoms. The smallest absolute Gasteiger partial charge is 0.227 e. The predicted octanol–water partition coefficient (Wildman–Crippen LogP) is 0.574. The van der Waals surface area contributed by atoms with Gasteiger partial charge in [0.05, 0.1) is 19.1 Å². The lowest BCUT2D eigenvalue weighted by Crippen LogP contribution is -2.48. The zero-order valence-corrected chi connectivity index (χ0v) is 12.4. The van der Waals surface area contributed by atoms with Gasteiger partial charge in [-0.1, -0.05) is 6.07 Å². The maximum atomic E-state index is 12.6. The maximum absolute atomic E-state index is 12.6. The third-order valence-corrected chi connectivity index (χ3v) is 5.07. The molecule has 0 radical (unpaired) electrons. The second kappa shape index (κ2) is 5.05. The van der Waals surface area contributed by atoms with Crippen LogP contribution in [-0.2, 0) is 20.7 Å². The number of carbonyl (C=O) groups excluding carboxylic acids is 2. The fraction of sp³-hybridized carbons (Fsp3) is 0.562. The summed E-state index contributed by atoms with van der Waals surface area (Å²) in [6.07, 6.45) is 5.79. The van der Waals surface area contributed by atoms with E-state index in [1.807, 2.05) is 21.9 Å². The molecule has 3 fully saturated rings. The highest BCUT2D eigenvalue weighted by molar-refractivity contribution is 5.84. The molecule has 0 aromatic carbocycles. The zero-order valence-electron chi connectivity index (χ0n) is 12.4. The minimum Gasteiger partial charge on any atom is -0.351 e. The zero-order chi connectivity index (χ0) is 15.2. The maximum Gasteiger partial charge on any atom is 0.227 e. The summed E-state index contributed by atoms with van der Waals surface area (Å²) in [7, 11) is 0. The van der Waals surface area contributed by atoms with Crippen molar-refractivity contribution < 1.29 is 14.3 Å². The topological polar surface area (TPSA) is 62.7 Å². The van der Waals surface area contributed by atoms with Crippen LogP contribution in [0.25, 0.3) is 0 Å². The number of aromatic nitrogens is 1. The average Bonchev–Trinajstić information content (AvgIpc) is 3.17. The fourth-order valence-corrected chi connectivity index (χ4v) is 4.03. The molecule has 0 saturated carbocycles. The Labute approximate surface area is 129 Å². The van der Waals surface area contributed by atoms with Gasteiger partial charge in [0, 0.05) is 38.3 Å². The molecule has 4 heterocycles. The molecular formula is C16H19N3O3. The second-order valence-electron chi connectivity index (χ2n) is 6.16. The summed E-state index contributed by atoms with van der Waals surface area (Å²) >= 11 is 0. The van der Waals surface area contributed by atoms with Crippen molar-refractivity contribution in [1.82, 2.24) is 14.8 Å². The number of hydrogen-bond donors (Lipinski definition) is 0. The van der Waals surface area contributed by atoms with Gasteiger partial charge in [0.15, 0.2) is 5.72 Å². The van der Waals surface area contributed by atoms with E-state index in [1.165, 1.54) is 0 Å². The molecular weight excluding hydrogens is 282 g/mol. The SMILES string of the molecule is O=C(CCc1cccnc1)N1CC[C@@]23OCCN2C(=O)C[C@@H]13. The van der Waals surface area contributed by atoms with Crippen LogP contribution < -0.4 is 0 Å². The van der Waals surface area contributed by atoms with E-state index < -0.39 is 5.72 Å². The number of rotatable bonds is 3. The van der Waals surface area contributed by atoms with E-state index in [1.54, 1.807) is 12.4 Å². The Bertz CT molecular complexity index is 606. The van der Waals surface area contributed by atoms with Gasteiger partial charge in [0.25, 0.3) is 0 Å². The number of aryl methyl sites for hydroxylation is 1. The first-order valence-corrected chi connectivity index (χ1v) is 7.83.